The lowest BCUT2D eigenvalue weighted by atomic mass is 10.2. The third kappa shape index (κ3) is 4.50. The summed E-state index contributed by atoms with van der Waals surface area (Å²) in [5, 5.41) is 2.72. The summed E-state index contributed by atoms with van der Waals surface area (Å²) in [4.78, 5) is 4.20. The summed E-state index contributed by atoms with van der Waals surface area (Å²) in [6, 6.07) is 19.0. The Bertz CT molecular complexity index is 1310. The van der Waals surface area contributed by atoms with Crippen molar-refractivity contribution in [3.05, 3.63) is 84.2 Å². The molecule has 0 aliphatic heterocycles. The third-order valence-electron chi connectivity index (χ3n) is 4.70. The van der Waals surface area contributed by atoms with Gasteiger partial charge in [0.15, 0.2) is 0 Å². The molecule has 32 heavy (non-hydrogen) atoms. The van der Waals surface area contributed by atoms with Gasteiger partial charge in [-0.1, -0.05) is 17.7 Å². The van der Waals surface area contributed by atoms with Gasteiger partial charge in [0.25, 0.3) is 0 Å². The molecule has 0 bridgehead atoms. The van der Waals surface area contributed by atoms with Crippen LogP contribution in [-0.4, -0.2) is 20.0 Å². The number of aryl methyl sites for hydroxylation is 1. The molecular weight excluding hydrogens is 431 g/mol. The molecule has 0 saturated carbocycles. The second kappa shape index (κ2) is 8.84. The first-order chi connectivity index (χ1) is 15.4. The van der Waals surface area contributed by atoms with Crippen LogP contribution >= 0.6 is 0 Å². The number of rotatable bonds is 7. The van der Waals surface area contributed by atoms with Crippen LogP contribution in [0.15, 0.2) is 87.1 Å². The van der Waals surface area contributed by atoms with Crippen molar-refractivity contribution >= 4 is 21.4 Å². The van der Waals surface area contributed by atoms with Crippen molar-refractivity contribution in [2.45, 2.75) is 23.8 Å². The summed E-state index contributed by atoms with van der Waals surface area (Å²) >= 11 is 0. The minimum absolute atomic E-state index is 0.0259. The first-order valence-corrected chi connectivity index (χ1v) is 11.4. The molecule has 0 aliphatic carbocycles. The molecule has 0 radical (unpaired) electrons. The standard InChI is InChI=1S/C24H21FN2O4S/c1-3-30-20-12-6-17(7-13-20)22-27-24(32(28,29)21-14-8-18(25)9-15-21)23(31-22)26-19-10-4-16(2)5-11-19/h4-15,26H,3H2,1-2H3. The SMILES string of the molecule is CCOc1ccc(-c2nc(S(=O)(=O)c3ccc(F)cc3)c(Nc3ccc(C)cc3)o2)cc1. The number of benzene rings is 3. The molecule has 0 unspecified atom stereocenters. The lowest BCUT2D eigenvalue weighted by Crippen LogP contribution is -2.05. The van der Waals surface area contributed by atoms with Crippen LogP contribution in [0.1, 0.15) is 12.5 Å². The molecule has 6 nitrogen and oxygen atoms in total. The Balaban J connectivity index is 1.79. The number of hydrogen-bond donors (Lipinski definition) is 1. The molecule has 3 aromatic carbocycles. The average molecular weight is 453 g/mol. The Hall–Kier alpha value is -3.65. The molecule has 0 atom stereocenters. The minimum Gasteiger partial charge on any atom is -0.494 e. The maximum atomic E-state index is 13.3. The maximum Gasteiger partial charge on any atom is 0.238 e. The van der Waals surface area contributed by atoms with Gasteiger partial charge in [0.2, 0.25) is 26.6 Å². The van der Waals surface area contributed by atoms with Gasteiger partial charge in [0, 0.05) is 11.3 Å². The Labute approximate surface area is 185 Å². The van der Waals surface area contributed by atoms with Crippen LogP contribution < -0.4 is 10.1 Å². The molecule has 0 aliphatic rings. The van der Waals surface area contributed by atoms with E-state index >= 15 is 0 Å². The van der Waals surface area contributed by atoms with Crippen LogP contribution in [-0.2, 0) is 9.84 Å². The van der Waals surface area contributed by atoms with Crippen molar-refractivity contribution in [1.82, 2.24) is 4.98 Å². The largest absolute Gasteiger partial charge is 0.494 e. The lowest BCUT2D eigenvalue weighted by molar-refractivity contribution is 0.340. The number of sulfone groups is 1. The van der Waals surface area contributed by atoms with E-state index in [2.05, 4.69) is 10.3 Å². The maximum absolute atomic E-state index is 13.3. The highest BCUT2D eigenvalue weighted by Gasteiger charge is 2.29. The predicted octanol–water partition coefficient (Wildman–Crippen LogP) is 5.76. The quantitative estimate of drug-likeness (QED) is 0.359. The number of anilines is 2. The number of hydrogen-bond acceptors (Lipinski definition) is 6. The zero-order valence-corrected chi connectivity index (χ0v) is 18.3. The van der Waals surface area contributed by atoms with Crippen LogP contribution in [0, 0.1) is 12.7 Å². The van der Waals surface area contributed by atoms with E-state index in [0.717, 1.165) is 17.7 Å². The normalized spacial score (nSPS) is 11.3. The van der Waals surface area contributed by atoms with Crippen molar-refractivity contribution in [3.8, 4) is 17.2 Å². The van der Waals surface area contributed by atoms with E-state index in [1.54, 1.807) is 24.3 Å². The Morgan fingerprint density at radius 1 is 0.969 bits per heavy atom. The number of nitrogens with one attached hydrogen (secondary N) is 1. The second-order valence-electron chi connectivity index (χ2n) is 7.06. The first kappa shape index (κ1) is 21.6. The summed E-state index contributed by atoms with van der Waals surface area (Å²) in [7, 11) is -4.08. The molecule has 0 amide bonds. The van der Waals surface area contributed by atoms with Gasteiger partial charge in [-0.2, -0.15) is 4.98 Å². The molecule has 1 aromatic heterocycles. The molecule has 0 fully saturated rings. The van der Waals surface area contributed by atoms with E-state index < -0.39 is 15.7 Å². The molecule has 1 heterocycles. The van der Waals surface area contributed by atoms with Gasteiger partial charge in [0.1, 0.15) is 11.6 Å². The third-order valence-corrected chi connectivity index (χ3v) is 6.37. The number of aromatic nitrogens is 1. The van der Waals surface area contributed by atoms with E-state index in [1.165, 1.54) is 12.1 Å². The zero-order valence-electron chi connectivity index (χ0n) is 17.5. The summed E-state index contributed by atoms with van der Waals surface area (Å²) in [6.45, 7) is 4.37. The fourth-order valence-electron chi connectivity index (χ4n) is 3.04. The smallest absolute Gasteiger partial charge is 0.238 e. The fourth-order valence-corrected chi connectivity index (χ4v) is 4.30. The van der Waals surface area contributed by atoms with Gasteiger partial charge in [0.05, 0.1) is 11.5 Å². The monoisotopic (exact) mass is 452 g/mol. The van der Waals surface area contributed by atoms with Gasteiger partial charge < -0.3 is 14.5 Å². The van der Waals surface area contributed by atoms with Crippen molar-refractivity contribution in [1.29, 1.82) is 0 Å². The average Bonchev–Trinajstić information content (AvgIpc) is 3.21. The lowest BCUT2D eigenvalue weighted by Gasteiger charge is -2.06. The van der Waals surface area contributed by atoms with Crippen molar-refractivity contribution < 1.29 is 22.0 Å². The van der Waals surface area contributed by atoms with Gasteiger partial charge in [-0.15, -0.1) is 0 Å². The zero-order chi connectivity index (χ0) is 22.7. The van der Waals surface area contributed by atoms with E-state index in [-0.39, 0.29) is 21.7 Å². The van der Waals surface area contributed by atoms with Crippen LogP contribution in [0.2, 0.25) is 0 Å². The molecule has 0 saturated heterocycles. The van der Waals surface area contributed by atoms with Crippen LogP contribution in [0.3, 0.4) is 0 Å². The number of oxazole rings is 1. The van der Waals surface area contributed by atoms with Gasteiger partial charge in [-0.3, -0.25) is 0 Å². The van der Waals surface area contributed by atoms with Crippen LogP contribution in [0.5, 0.6) is 5.75 Å². The number of halogens is 1. The summed E-state index contributed by atoms with van der Waals surface area (Å²) in [5.74, 6) is 0.252. The highest BCUT2D eigenvalue weighted by Crippen LogP contribution is 2.34. The molecular formula is C24H21FN2O4S. The molecule has 1 N–H and O–H groups in total. The second-order valence-corrected chi connectivity index (χ2v) is 8.92. The summed E-state index contributed by atoms with van der Waals surface area (Å²) in [6.07, 6.45) is 0. The first-order valence-electron chi connectivity index (χ1n) is 9.95. The predicted molar refractivity (Wildman–Crippen MR) is 119 cm³/mol. The van der Waals surface area contributed by atoms with Crippen LogP contribution in [0.4, 0.5) is 16.0 Å². The van der Waals surface area contributed by atoms with E-state index in [9.17, 15) is 12.8 Å². The van der Waals surface area contributed by atoms with Crippen molar-refractivity contribution in [2.24, 2.45) is 0 Å². The minimum atomic E-state index is -4.08. The molecule has 8 heteroatoms. The van der Waals surface area contributed by atoms with Crippen molar-refractivity contribution in [3.63, 3.8) is 0 Å². The fraction of sp³-hybridized carbons (Fsp3) is 0.125. The van der Waals surface area contributed by atoms with Gasteiger partial charge in [-0.05, 0) is 74.5 Å². The van der Waals surface area contributed by atoms with E-state index in [1.807, 2.05) is 38.1 Å². The number of ether oxygens (including phenoxy) is 1. The Morgan fingerprint density at radius 3 is 2.25 bits per heavy atom. The van der Waals surface area contributed by atoms with E-state index in [0.29, 0.717) is 23.6 Å². The summed E-state index contributed by atoms with van der Waals surface area (Å²) in [5.41, 5.74) is 2.28. The molecule has 4 aromatic rings. The van der Waals surface area contributed by atoms with Crippen molar-refractivity contribution in [2.75, 3.05) is 11.9 Å². The van der Waals surface area contributed by atoms with Gasteiger partial charge in [-0.25, -0.2) is 12.8 Å². The highest BCUT2D eigenvalue weighted by molar-refractivity contribution is 7.91. The topological polar surface area (TPSA) is 81.4 Å². The molecule has 4 rings (SSSR count). The van der Waals surface area contributed by atoms with Crippen LogP contribution in [0.25, 0.3) is 11.5 Å². The number of nitrogens with zero attached hydrogens (tertiary/aromatic N) is 1. The van der Waals surface area contributed by atoms with E-state index in [4.69, 9.17) is 9.15 Å². The molecule has 0 spiro atoms. The highest BCUT2D eigenvalue weighted by atomic mass is 32.2. The summed E-state index contributed by atoms with van der Waals surface area (Å²) < 4.78 is 51.2. The Kier molecular flexibility index (Phi) is 5.96. The van der Waals surface area contributed by atoms with Gasteiger partial charge >= 0.3 is 0 Å². The molecule has 164 valence electrons. The Morgan fingerprint density at radius 2 is 1.62 bits per heavy atom.